The van der Waals surface area contributed by atoms with Gasteiger partial charge < -0.3 is 14.9 Å². The van der Waals surface area contributed by atoms with Crippen LogP contribution in [0.25, 0.3) is 0 Å². The van der Waals surface area contributed by atoms with E-state index >= 15 is 0 Å². The smallest absolute Gasteiger partial charge is 0.149 e. The topological polar surface area (TPSA) is 49.7 Å². The van der Waals surface area contributed by atoms with Crippen LogP contribution in [0.4, 0.5) is 4.39 Å². The minimum absolute atomic E-state index is 0.00625. The Morgan fingerprint density at radius 3 is 2.54 bits per heavy atom. The molecule has 13 heavy (non-hydrogen) atoms. The highest BCUT2D eigenvalue weighted by molar-refractivity contribution is 6.11. The number of rotatable bonds is 0. The van der Waals surface area contributed by atoms with Crippen molar-refractivity contribution in [3.63, 3.8) is 0 Å². The van der Waals surface area contributed by atoms with Gasteiger partial charge in [-0.15, -0.1) is 0 Å². The monoisotopic (exact) mass is 184 g/mol. The lowest BCUT2D eigenvalue weighted by Crippen LogP contribution is -2.47. The third-order valence-corrected chi connectivity index (χ3v) is 3.66. The fourth-order valence-corrected chi connectivity index (χ4v) is 2.84. The van der Waals surface area contributed by atoms with Crippen LogP contribution in [0, 0.1) is 5.92 Å². The van der Waals surface area contributed by atoms with Crippen molar-refractivity contribution in [1.29, 1.82) is 0 Å². The molecule has 0 spiro atoms. The molecule has 0 aromatic carbocycles. The Bertz CT molecular complexity index is 276. The van der Waals surface area contributed by atoms with E-state index in [1.54, 1.807) is 0 Å². The number of hydrogen-bond acceptors (Lipinski definition) is 3. The summed E-state index contributed by atoms with van der Waals surface area (Å²) in [7, 11) is 5.33. The molecule has 0 bridgehead atoms. The second kappa shape index (κ2) is 1.94. The molecule has 0 aromatic heterocycles. The third kappa shape index (κ3) is 0.728. The first-order valence-corrected chi connectivity index (χ1v) is 4.48. The molecule has 5 heteroatoms. The van der Waals surface area contributed by atoms with Gasteiger partial charge in [0.05, 0.1) is 11.6 Å². The van der Waals surface area contributed by atoms with Gasteiger partial charge in [-0.3, -0.25) is 0 Å². The maximum Gasteiger partial charge on any atom is 0.149 e. The van der Waals surface area contributed by atoms with Crippen LogP contribution in [-0.4, -0.2) is 47.5 Å². The molecule has 2 aliphatic carbocycles. The zero-order valence-corrected chi connectivity index (χ0v) is 6.98. The highest BCUT2D eigenvalue weighted by Crippen LogP contribution is 2.64. The quantitative estimate of drug-likeness (QED) is 0.480. The molecule has 3 fully saturated rings. The van der Waals surface area contributed by atoms with E-state index in [0.717, 1.165) is 0 Å². The summed E-state index contributed by atoms with van der Waals surface area (Å²) in [5.41, 5.74) is -2.55. The minimum atomic E-state index is -1.57. The summed E-state index contributed by atoms with van der Waals surface area (Å²) >= 11 is 0. The molecule has 1 saturated heterocycles. The predicted octanol–water partition coefficient (Wildman–Crippen LogP) is -0.896. The molecular weight excluding hydrogens is 174 g/mol. The molecule has 1 heterocycles. The first-order chi connectivity index (χ1) is 5.98. The lowest BCUT2D eigenvalue weighted by Gasteiger charge is -2.27. The van der Waals surface area contributed by atoms with Gasteiger partial charge in [-0.2, -0.15) is 0 Å². The van der Waals surface area contributed by atoms with Crippen molar-refractivity contribution in [3.05, 3.63) is 0 Å². The fraction of sp³-hybridized carbons (Fsp3) is 1.00. The molecular formula is C8H10BFO3. The molecule has 6 atom stereocenters. The lowest BCUT2D eigenvalue weighted by atomic mass is 9.84. The first kappa shape index (κ1) is 8.21. The lowest BCUT2D eigenvalue weighted by molar-refractivity contribution is -0.0946. The van der Waals surface area contributed by atoms with E-state index in [9.17, 15) is 14.6 Å². The zero-order valence-electron chi connectivity index (χ0n) is 6.98. The number of ether oxygens (including phenoxy) is 1. The van der Waals surface area contributed by atoms with E-state index in [-0.39, 0.29) is 12.3 Å². The average molecular weight is 184 g/mol. The summed E-state index contributed by atoms with van der Waals surface area (Å²) in [5.74, 6) is -0.00625. The largest absolute Gasteiger partial charge is 0.387 e. The van der Waals surface area contributed by atoms with Crippen molar-refractivity contribution in [1.82, 2.24) is 0 Å². The average Bonchev–Trinajstić information content (AvgIpc) is 2.56. The molecule has 2 N–H and O–H groups in total. The van der Waals surface area contributed by atoms with Crippen LogP contribution in [-0.2, 0) is 4.74 Å². The standard InChI is InChI=1S/C8H10BFO3/c9-5-4(10)8(12)2-3-1-7(3,11)6(8)13-5/h3-6,11-12H,1-2H2/t3-,4+,5+,6+,7+,8-/m0/s1. The summed E-state index contributed by atoms with van der Waals surface area (Å²) in [6.45, 7) is 0. The predicted molar refractivity (Wildman–Crippen MR) is 41.9 cm³/mol. The Labute approximate surface area is 76.3 Å². The van der Waals surface area contributed by atoms with E-state index in [0.29, 0.717) is 6.42 Å². The van der Waals surface area contributed by atoms with Gasteiger partial charge in [-0.05, 0) is 18.8 Å². The number of alkyl halides is 1. The molecule has 2 radical (unpaired) electrons. The summed E-state index contributed by atoms with van der Waals surface area (Å²) in [5, 5.41) is 19.7. The van der Waals surface area contributed by atoms with Gasteiger partial charge in [0.2, 0.25) is 0 Å². The molecule has 1 aliphatic heterocycles. The molecule has 70 valence electrons. The van der Waals surface area contributed by atoms with Gasteiger partial charge in [0.25, 0.3) is 0 Å². The van der Waals surface area contributed by atoms with Crippen molar-refractivity contribution in [2.75, 3.05) is 0 Å². The maximum atomic E-state index is 13.4. The number of fused-ring (bicyclic) bond motifs is 3. The Morgan fingerprint density at radius 1 is 1.31 bits per heavy atom. The highest BCUT2D eigenvalue weighted by Gasteiger charge is 2.77. The molecule has 0 unspecified atom stereocenters. The van der Waals surface area contributed by atoms with Crippen LogP contribution in [0.5, 0.6) is 0 Å². The van der Waals surface area contributed by atoms with Crippen molar-refractivity contribution in [3.8, 4) is 0 Å². The summed E-state index contributed by atoms with van der Waals surface area (Å²) in [4.78, 5) is 0. The van der Waals surface area contributed by atoms with Gasteiger partial charge in [-0.25, -0.2) is 4.39 Å². The number of aliphatic hydroxyl groups is 2. The van der Waals surface area contributed by atoms with Gasteiger partial charge in [0.1, 0.15) is 25.7 Å². The van der Waals surface area contributed by atoms with E-state index in [1.165, 1.54) is 0 Å². The van der Waals surface area contributed by atoms with Gasteiger partial charge in [0, 0.05) is 0 Å². The van der Waals surface area contributed by atoms with E-state index in [4.69, 9.17) is 12.6 Å². The second-order valence-electron chi connectivity index (χ2n) is 4.47. The molecule has 2 saturated carbocycles. The fourth-order valence-electron chi connectivity index (χ4n) is 2.84. The third-order valence-electron chi connectivity index (χ3n) is 3.66. The van der Waals surface area contributed by atoms with Crippen molar-refractivity contribution < 1.29 is 19.3 Å². The Hall–Kier alpha value is -0.125. The van der Waals surface area contributed by atoms with Crippen LogP contribution in [0.15, 0.2) is 0 Å². The molecule has 3 aliphatic rings. The van der Waals surface area contributed by atoms with Gasteiger partial charge >= 0.3 is 0 Å². The molecule has 3 rings (SSSR count). The molecule has 3 nitrogen and oxygen atoms in total. The normalized spacial score (nSPS) is 69.2. The van der Waals surface area contributed by atoms with Crippen molar-refractivity contribution >= 4 is 7.85 Å². The van der Waals surface area contributed by atoms with Crippen LogP contribution in [0.1, 0.15) is 12.8 Å². The van der Waals surface area contributed by atoms with Gasteiger partial charge in [-0.1, -0.05) is 0 Å². The highest BCUT2D eigenvalue weighted by atomic mass is 19.1. The second-order valence-corrected chi connectivity index (χ2v) is 4.47. The van der Waals surface area contributed by atoms with Crippen LogP contribution in [0.3, 0.4) is 0 Å². The Balaban J connectivity index is 1.99. The van der Waals surface area contributed by atoms with Crippen LogP contribution in [0.2, 0.25) is 0 Å². The minimum Gasteiger partial charge on any atom is -0.387 e. The summed E-state index contributed by atoms with van der Waals surface area (Å²) in [6.07, 6.45) is -1.54. The number of hydrogen-bond donors (Lipinski definition) is 2. The SMILES string of the molecule is [B][C@@H]1O[C@@H]2[C@@]3(O)C[C@H]3C[C@]2(O)[C@@H]1F. The summed E-state index contributed by atoms with van der Waals surface area (Å²) < 4.78 is 18.5. The van der Waals surface area contributed by atoms with Crippen LogP contribution < -0.4 is 0 Å². The Kier molecular flexibility index (Phi) is 1.23. The maximum absolute atomic E-state index is 13.4. The molecule has 0 aromatic rings. The van der Waals surface area contributed by atoms with Crippen LogP contribution >= 0.6 is 0 Å². The van der Waals surface area contributed by atoms with Gasteiger partial charge in [0.15, 0.2) is 0 Å². The van der Waals surface area contributed by atoms with E-state index in [2.05, 4.69) is 0 Å². The first-order valence-electron chi connectivity index (χ1n) is 4.48. The van der Waals surface area contributed by atoms with Crippen molar-refractivity contribution in [2.45, 2.75) is 42.3 Å². The zero-order chi connectivity index (χ0) is 9.43. The van der Waals surface area contributed by atoms with E-state index in [1.807, 2.05) is 0 Å². The van der Waals surface area contributed by atoms with Crippen molar-refractivity contribution in [2.24, 2.45) is 5.92 Å². The Morgan fingerprint density at radius 2 is 1.92 bits per heavy atom. The summed E-state index contributed by atoms with van der Waals surface area (Å²) in [6, 6.07) is -1.10. The molecule has 0 amide bonds. The van der Waals surface area contributed by atoms with E-state index < -0.39 is 29.5 Å². The number of halogens is 1.